The van der Waals surface area contributed by atoms with Gasteiger partial charge in [-0.05, 0) is 61.1 Å². The fraction of sp³-hybridized carbons (Fsp3) is 0.417. The van der Waals surface area contributed by atoms with Gasteiger partial charge in [-0.25, -0.2) is 4.98 Å². The summed E-state index contributed by atoms with van der Waals surface area (Å²) in [6.07, 6.45) is 0. The third-order valence-electron chi connectivity index (χ3n) is 5.86. The highest BCUT2D eigenvalue weighted by molar-refractivity contribution is 7.99. The van der Waals surface area contributed by atoms with Crippen molar-refractivity contribution in [3.8, 4) is 0 Å². The molecule has 0 atom stereocenters. The summed E-state index contributed by atoms with van der Waals surface area (Å²) < 4.78 is 1.27. The molecular formula is C24H30N4OS2. The number of amides is 1. The summed E-state index contributed by atoms with van der Waals surface area (Å²) >= 11 is 3.58. The van der Waals surface area contributed by atoms with Gasteiger partial charge in [0.25, 0.3) is 5.91 Å². The topological polar surface area (TPSA) is 48.5 Å². The molecule has 1 aromatic heterocycles. The molecule has 1 N–H and O–H groups in total. The fourth-order valence-corrected chi connectivity index (χ4v) is 5.55. The monoisotopic (exact) mass is 454 g/mol. The molecule has 164 valence electrons. The first-order valence-corrected chi connectivity index (χ1v) is 12.7. The van der Waals surface area contributed by atoms with Crippen LogP contribution >= 0.6 is 23.1 Å². The Morgan fingerprint density at radius 2 is 1.84 bits per heavy atom. The lowest BCUT2D eigenvalue weighted by Gasteiger charge is -2.34. The second kappa shape index (κ2) is 10.0. The van der Waals surface area contributed by atoms with Gasteiger partial charge in [-0.2, -0.15) is 0 Å². The Bertz CT molecular complexity index is 1040. The molecule has 5 nitrogen and oxygen atoms in total. The standard InChI is InChI=1S/C24H30N4OS2/c1-4-30-20-8-6-19(7-9-20)23(29)25-11-12-27-13-15-28(16-14-27)24-26-22-18(3)17(2)5-10-21(22)31-24/h5-10H,4,11-16H2,1-3H3,(H,25,29). The molecule has 0 radical (unpaired) electrons. The number of carbonyl (C=O) groups excluding carboxylic acids is 1. The van der Waals surface area contributed by atoms with Gasteiger partial charge in [0.2, 0.25) is 0 Å². The van der Waals surface area contributed by atoms with Crippen LogP contribution < -0.4 is 10.2 Å². The summed E-state index contributed by atoms with van der Waals surface area (Å²) in [6, 6.07) is 12.2. The van der Waals surface area contributed by atoms with Crippen molar-refractivity contribution in [3.05, 3.63) is 53.1 Å². The zero-order valence-electron chi connectivity index (χ0n) is 18.5. The largest absolute Gasteiger partial charge is 0.351 e. The van der Waals surface area contributed by atoms with Gasteiger partial charge < -0.3 is 10.2 Å². The van der Waals surface area contributed by atoms with Crippen LogP contribution in [0.2, 0.25) is 0 Å². The average Bonchev–Trinajstić information content (AvgIpc) is 3.23. The molecule has 1 aliphatic heterocycles. The van der Waals surface area contributed by atoms with Crippen LogP contribution in [-0.2, 0) is 0 Å². The molecule has 0 saturated carbocycles. The van der Waals surface area contributed by atoms with E-state index >= 15 is 0 Å². The SMILES string of the molecule is CCSc1ccc(C(=O)NCCN2CCN(c3nc4c(C)c(C)ccc4s3)CC2)cc1. The quantitative estimate of drug-likeness (QED) is 0.530. The van der Waals surface area contributed by atoms with Gasteiger partial charge >= 0.3 is 0 Å². The van der Waals surface area contributed by atoms with Gasteiger partial charge in [0.15, 0.2) is 5.13 Å². The minimum Gasteiger partial charge on any atom is -0.351 e. The lowest BCUT2D eigenvalue weighted by molar-refractivity contribution is 0.0947. The summed E-state index contributed by atoms with van der Waals surface area (Å²) in [5.41, 5.74) is 4.46. The number of nitrogens with zero attached hydrogens (tertiary/aromatic N) is 3. The first-order chi connectivity index (χ1) is 15.0. The number of thioether (sulfide) groups is 1. The predicted molar refractivity (Wildman–Crippen MR) is 133 cm³/mol. The highest BCUT2D eigenvalue weighted by Crippen LogP contribution is 2.32. The second-order valence-corrected chi connectivity index (χ2v) is 10.2. The Morgan fingerprint density at radius 1 is 1.10 bits per heavy atom. The van der Waals surface area contributed by atoms with Crippen molar-refractivity contribution in [2.24, 2.45) is 0 Å². The first kappa shape index (κ1) is 22.1. The Labute approximate surface area is 192 Å². The Morgan fingerprint density at radius 3 is 2.55 bits per heavy atom. The fourth-order valence-electron chi connectivity index (χ4n) is 3.81. The van der Waals surface area contributed by atoms with Gasteiger partial charge in [-0.15, -0.1) is 11.8 Å². The summed E-state index contributed by atoms with van der Waals surface area (Å²) in [5, 5.41) is 4.18. The molecule has 3 aromatic rings. The number of fused-ring (bicyclic) bond motifs is 1. The van der Waals surface area contributed by atoms with E-state index in [4.69, 9.17) is 4.98 Å². The van der Waals surface area contributed by atoms with E-state index in [-0.39, 0.29) is 5.91 Å². The van der Waals surface area contributed by atoms with E-state index < -0.39 is 0 Å². The van der Waals surface area contributed by atoms with Crippen molar-refractivity contribution in [3.63, 3.8) is 0 Å². The third-order valence-corrected chi connectivity index (χ3v) is 7.83. The number of aryl methyl sites for hydroxylation is 2. The van der Waals surface area contributed by atoms with Gasteiger partial charge in [-0.1, -0.05) is 24.3 Å². The maximum absolute atomic E-state index is 12.4. The van der Waals surface area contributed by atoms with Gasteiger partial charge in [0.1, 0.15) is 0 Å². The van der Waals surface area contributed by atoms with Crippen LogP contribution in [0.3, 0.4) is 0 Å². The molecule has 2 heterocycles. The molecule has 7 heteroatoms. The van der Waals surface area contributed by atoms with Crippen LogP contribution in [0.1, 0.15) is 28.4 Å². The van der Waals surface area contributed by atoms with E-state index in [2.05, 4.69) is 48.0 Å². The Balaban J connectivity index is 1.24. The zero-order chi connectivity index (χ0) is 21.8. The minimum absolute atomic E-state index is 0.00632. The summed E-state index contributed by atoms with van der Waals surface area (Å²) in [7, 11) is 0. The van der Waals surface area contributed by atoms with E-state index in [9.17, 15) is 4.79 Å². The Kier molecular flexibility index (Phi) is 7.15. The molecule has 1 saturated heterocycles. The van der Waals surface area contributed by atoms with E-state index in [1.807, 2.05) is 24.3 Å². The van der Waals surface area contributed by atoms with Crippen molar-refractivity contribution in [2.75, 3.05) is 49.9 Å². The van der Waals surface area contributed by atoms with Crippen molar-refractivity contribution in [2.45, 2.75) is 25.7 Å². The number of hydrogen-bond donors (Lipinski definition) is 1. The molecule has 0 spiro atoms. The van der Waals surface area contributed by atoms with E-state index in [1.165, 1.54) is 20.7 Å². The Hall–Kier alpha value is -2.09. The summed E-state index contributed by atoms with van der Waals surface area (Å²) in [4.78, 5) is 23.3. The summed E-state index contributed by atoms with van der Waals surface area (Å²) in [6.45, 7) is 11.9. The van der Waals surface area contributed by atoms with Crippen molar-refractivity contribution >= 4 is 44.4 Å². The molecule has 0 unspecified atom stereocenters. The smallest absolute Gasteiger partial charge is 0.251 e. The second-order valence-electron chi connectivity index (χ2n) is 7.89. The predicted octanol–water partition coefficient (Wildman–Crippen LogP) is 4.58. The van der Waals surface area contributed by atoms with Crippen molar-refractivity contribution < 1.29 is 4.79 Å². The number of benzene rings is 2. The van der Waals surface area contributed by atoms with Crippen LogP contribution in [0, 0.1) is 13.8 Å². The van der Waals surface area contributed by atoms with Crippen LogP contribution in [-0.4, -0.2) is 60.8 Å². The normalized spacial score (nSPS) is 14.9. The van der Waals surface area contributed by atoms with Crippen LogP contribution in [0.25, 0.3) is 10.2 Å². The highest BCUT2D eigenvalue weighted by atomic mass is 32.2. The van der Waals surface area contributed by atoms with E-state index in [0.29, 0.717) is 6.54 Å². The minimum atomic E-state index is 0.00632. The van der Waals surface area contributed by atoms with Crippen LogP contribution in [0.4, 0.5) is 5.13 Å². The molecule has 0 bridgehead atoms. The molecular weight excluding hydrogens is 424 g/mol. The highest BCUT2D eigenvalue weighted by Gasteiger charge is 2.20. The van der Waals surface area contributed by atoms with Gasteiger partial charge in [0.05, 0.1) is 10.2 Å². The number of hydrogen-bond acceptors (Lipinski definition) is 6. The molecule has 1 fully saturated rings. The summed E-state index contributed by atoms with van der Waals surface area (Å²) in [5.74, 6) is 1.05. The molecule has 31 heavy (non-hydrogen) atoms. The first-order valence-electron chi connectivity index (χ1n) is 10.9. The molecule has 1 aliphatic rings. The van der Waals surface area contributed by atoms with Gasteiger partial charge in [-0.3, -0.25) is 9.69 Å². The van der Waals surface area contributed by atoms with Crippen molar-refractivity contribution in [1.29, 1.82) is 0 Å². The lowest BCUT2D eigenvalue weighted by Crippen LogP contribution is -2.48. The van der Waals surface area contributed by atoms with Crippen LogP contribution in [0.15, 0.2) is 41.3 Å². The number of nitrogens with one attached hydrogen (secondary N) is 1. The van der Waals surface area contributed by atoms with E-state index in [1.54, 1.807) is 23.1 Å². The van der Waals surface area contributed by atoms with Crippen LogP contribution in [0.5, 0.6) is 0 Å². The molecule has 2 aromatic carbocycles. The zero-order valence-corrected chi connectivity index (χ0v) is 20.1. The molecule has 0 aliphatic carbocycles. The number of thiazole rings is 1. The maximum Gasteiger partial charge on any atom is 0.251 e. The molecule has 4 rings (SSSR count). The number of rotatable bonds is 7. The number of carbonyl (C=O) groups is 1. The third kappa shape index (κ3) is 5.22. The van der Waals surface area contributed by atoms with E-state index in [0.717, 1.165) is 54.7 Å². The number of aromatic nitrogens is 1. The van der Waals surface area contributed by atoms with Gasteiger partial charge in [0, 0.05) is 49.7 Å². The number of anilines is 1. The average molecular weight is 455 g/mol. The lowest BCUT2D eigenvalue weighted by atomic mass is 10.1. The molecule has 1 amide bonds. The maximum atomic E-state index is 12.4. The van der Waals surface area contributed by atoms with Crippen molar-refractivity contribution in [1.82, 2.24) is 15.2 Å². The number of piperazine rings is 1.